The van der Waals surface area contributed by atoms with E-state index in [1.165, 1.54) is 0 Å². The summed E-state index contributed by atoms with van der Waals surface area (Å²) >= 11 is 5.94. The largest absolute Gasteiger partial charge is 0.481 e. The van der Waals surface area contributed by atoms with Gasteiger partial charge in [0.05, 0.1) is 5.92 Å². The Labute approximate surface area is 129 Å². The number of carboxylic acids is 1. The first-order valence-corrected chi connectivity index (χ1v) is 7.57. The van der Waals surface area contributed by atoms with Gasteiger partial charge < -0.3 is 10.0 Å². The first-order valence-electron chi connectivity index (χ1n) is 7.19. The molecule has 1 amide bonds. The topological polar surface area (TPSA) is 57.6 Å². The lowest BCUT2D eigenvalue weighted by Gasteiger charge is -2.29. The van der Waals surface area contributed by atoms with Gasteiger partial charge in [-0.2, -0.15) is 0 Å². The third kappa shape index (κ3) is 4.21. The number of hydrogen-bond acceptors (Lipinski definition) is 2. The van der Waals surface area contributed by atoms with Crippen LogP contribution in [0.1, 0.15) is 31.2 Å². The Morgan fingerprint density at radius 3 is 2.71 bits per heavy atom. The minimum Gasteiger partial charge on any atom is -0.481 e. The molecule has 2 rings (SSSR count). The zero-order chi connectivity index (χ0) is 15.4. The minimum absolute atomic E-state index is 0.0286. The highest BCUT2D eigenvalue weighted by Crippen LogP contribution is 2.30. The predicted molar refractivity (Wildman–Crippen MR) is 81.0 cm³/mol. The second-order valence-corrected chi connectivity index (χ2v) is 6.16. The Balaban J connectivity index is 1.97. The summed E-state index contributed by atoms with van der Waals surface area (Å²) in [4.78, 5) is 25.2. The zero-order valence-electron chi connectivity index (χ0n) is 12.1. The lowest BCUT2D eigenvalue weighted by Crippen LogP contribution is -2.36. The van der Waals surface area contributed by atoms with Gasteiger partial charge in [-0.05, 0) is 37.0 Å². The summed E-state index contributed by atoms with van der Waals surface area (Å²) in [5.41, 5.74) is 0.976. The maximum absolute atomic E-state index is 12.5. The molecule has 1 aromatic rings. The van der Waals surface area contributed by atoms with Gasteiger partial charge in [0, 0.05) is 24.5 Å². The van der Waals surface area contributed by atoms with Crippen LogP contribution in [0.2, 0.25) is 5.02 Å². The fourth-order valence-corrected chi connectivity index (χ4v) is 3.15. The molecule has 0 spiro atoms. The normalized spacial score (nSPS) is 21.8. The van der Waals surface area contributed by atoms with E-state index >= 15 is 0 Å². The number of amides is 1. The third-order valence-electron chi connectivity index (χ3n) is 4.06. The van der Waals surface area contributed by atoms with Gasteiger partial charge in [-0.15, -0.1) is 0 Å². The average molecular weight is 310 g/mol. The van der Waals surface area contributed by atoms with Crippen molar-refractivity contribution in [2.24, 2.45) is 11.8 Å². The lowest BCUT2D eigenvalue weighted by atomic mass is 9.81. The molecule has 1 aliphatic carbocycles. The van der Waals surface area contributed by atoms with E-state index in [-0.39, 0.29) is 17.7 Å². The average Bonchev–Trinajstić information content (AvgIpc) is 2.46. The molecule has 1 aromatic carbocycles. The quantitative estimate of drug-likeness (QED) is 0.929. The van der Waals surface area contributed by atoms with Crippen LogP contribution in [-0.2, 0) is 16.1 Å². The van der Waals surface area contributed by atoms with Crippen molar-refractivity contribution < 1.29 is 14.7 Å². The van der Waals surface area contributed by atoms with Gasteiger partial charge in [0.2, 0.25) is 5.91 Å². The van der Waals surface area contributed by atoms with Crippen LogP contribution in [0.3, 0.4) is 0 Å². The van der Waals surface area contributed by atoms with E-state index < -0.39 is 5.97 Å². The molecule has 2 atom stereocenters. The van der Waals surface area contributed by atoms with Crippen LogP contribution >= 0.6 is 11.6 Å². The summed E-state index contributed by atoms with van der Waals surface area (Å²) in [5, 5.41) is 9.75. The summed E-state index contributed by atoms with van der Waals surface area (Å²) < 4.78 is 0. The van der Waals surface area contributed by atoms with Gasteiger partial charge in [0.1, 0.15) is 0 Å². The number of aliphatic carboxylic acids is 1. The highest BCUT2D eigenvalue weighted by molar-refractivity contribution is 6.30. The van der Waals surface area contributed by atoms with Crippen LogP contribution in [0.5, 0.6) is 0 Å². The molecule has 0 aliphatic heterocycles. The summed E-state index contributed by atoms with van der Waals surface area (Å²) in [6.07, 6.45) is 2.71. The van der Waals surface area contributed by atoms with Crippen molar-refractivity contribution in [2.45, 2.75) is 32.2 Å². The van der Waals surface area contributed by atoms with Crippen molar-refractivity contribution in [3.63, 3.8) is 0 Å². The molecule has 114 valence electrons. The molecule has 0 bridgehead atoms. The highest BCUT2D eigenvalue weighted by atomic mass is 35.5. The standard InChI is InChI=1S/C16H20ClNO3/c1-18(10-11-4-2-7-14(17)8-11)15(19)12-5-3-6-13(9-12)16(20)21/h2,4,7-8,12-13H,3,5-6,9-10H2,1H3,(H,20,21). The number of hydrogen-bond donors (Lipinski definition) is 1. The summed E-state index contributed by atoms with van der Waals surface area (Å²) in [5.74, 6) is -1.32. The van der Waals surface area contributed by atoms with Gasteiger partial charge in [-0.1, -0.05) is 30.2 Å². The van der Waals surface area contributed by atoms with Crippen molar-refractivity contribution in [3.05, 3.63) is 34.9 Å². The van der Waals surface area contributed by atoms with Gasteiger partial charge in [-0.25, -0.2) is 0 Å². The van der Waals surface area contributed by atoms with Crippen LogP contribution in [-0.4, -0.2) is 28.9 Å². The Morgan fingerprint density at radius 2 is 2.05 bits per heavy atom. The number of carbonyl (C=O) groups excluding carboxylic acids is 1. The van der Waals surface area contributed by atoms with E-state index in [1.807, 2.05) is 18.2 Å². The molecule has 2 unspecified atom stereocenters. The number of rotatable bonds is 4. The molecule has 0 saturated heterocycles. The summed E-state index contributed by atoms with van der Waals surface area (Å²) in [6.45, 7) is 0.494. The van der Waals surface area contributed by atoms with E-state index in [2.05, 4.69) is 0 Å². The third-order valence-corrected chi connectivity index (χ3v) is 4.29. The predicted octanol–water partition coefficient (Wildman–Crippen LogP) is 3.19. The van der Waals surface area contributed by atoms with Crippen LogP contribution < -0.4 is 0 Å². The zero-order valence-corrected chi connectivity index (χ0v) is 12.8. The van der Waals surface area contributed by atoms with Gasteiger partial charge in [-0.3, -0.25) is 9.59 Å². The summed E-state index contributed by atoms with van der Waals surface area (Å²) in [6, 6.07) is 7.42. The van der Waals surface area contributed by atoms with Gasteiger partial charge >= 0.3 is 5.97 Å². The maximum atomic E-state index is 12.5. The van der Waals surface area contributed by atoms with Crippen LogP contribution in [0.4, 0.5) is 0 Å². The van der Waals surface area contributed by atoms with Gasteiger partial charge in [0.15, 0.2) is 0 Å². The molecule has 21 heavy (non-hydrogen) atoms. The van der Waals surface area contributed by atoms with Crippen LogP contribution in [0, 0.1) is 11.8 Å². The SMILES string of the molecule is CN(Cc1cccc(Cl)c1)C(=O)C1CCCC(C(=O)O)C1. The van der Waals surface area contributed by atoms with E-state index in [0.717, 1.165) is 18.4 Å². The Kier molecular flexibility index (Phi) is 5.23. The highest BCUT2D eigenvalue weighted by Gasteiger charge is 2.32. The lowest BCUT2D eigenvalue weighted by molar-refractivity contribution is -0.145. The molecule has 1 saturated carbocycles. The molecule has 0 aromatic heterocycles. The second kappa shape index (κ2) is 6.94. The smallest absolute Gasteiger partial charge is 0.306 e. The van der Waals surface area contributed by atoms with Crippen molar-refractivity contribution in [2.75, 3.05) is 7.05 Å². The second-order valence-electron chi connectivity index (χ2n) is 5.72. The molecular weight excluding hydrogens is 290 g/mol. The Hall–Kier alpha value is -1.55. The molecule has 4 nitrogen and oxygen atoms in total. The number of nitrogens with zero attached hydrogens (tertiary/aromatic N) is 1. The molecule has 0 radical (unpaired) electrons. The van der Waals surface area contributed by atoms with E-state index in [4.69, 9.17) is 16.7 Å². The molecule has 5 heteroatoms. The van der Waals surface area contributed by atoms with Crippen molar-refractivity contribution in [1.29, 1.82) is 0 Å². The van der Waals surface area contributed by atoms with Gasteiger partial charge in [0.25, 0.3) is 0 Å². The van der Waals surface area contributed by atoms with Crippen LogP contribution in [0.25, 0.3) is 0 Å². The molecular formula is C16H20ClNO3. The molecule has 1 fully saturated rings. The van der Waals surface area contributed by atoms with E-state index in [9.17, 15) is 9.59 Å². The molecule has 0 heterocycles. The molecule has 1 aliphatic rings. The van der Waals surface area contributed by atoms with Crippen molar-refractivity contribution in [3.8, 4) is 0 Å². The first-order chi connectivity index (χ1) is 9.97. The summed E-state index contributed by atoms with van der Waals surface area (Å²) in [7, 11) is 1.76. The number of benzene rings is 1. The number of carboxylic acid groups (broad SMARTS) is 1. The fraction of sp³-hybridized carbons (Fsp3) is 0.500. The van der Waals surface area contributed by atoms with Crippen LogP contribution in [0.15, 0.2) is 24.3 Å². The molecule has 1 N–H and O–H groups in total. The monoisotopic (exact) mass is 309 g/mol. The van der Waals surface area contributed by atoms with Crippen molar-refractivity contribution >= 4 is 23.5 Å². The Morgan fingerprint density at radius 1 is 1.33 bits per heavy atom. The number of carbonyl (C=O) groups is 2. The van der Waals surface area contributed by atoms with Crippen molar-refractivity contribution in [1.82, 2.24) is 4.90 Å². The van der Waals surface area contributed by atoms with E-state index in [0.29, 0.717) is 24.4 Å². The van der Waals surface area contributed by atoms with E-state index in [1.54, 1.807) is 18.0 Å². The fourth-order valence-electron chi connectivity index (χ4n) is 2.94. The Bertz CT molecular complexity index is 532. The minimum atomic E-state index is -0.787. The first kappa shape index (κ1) is 15.8. The maximum Gasteiger partial charge on any atom is 0.306 e. The number of halogens is 1.